The Morgan fingerprint density at radius 3 is 2.50 bits per heavy atom. The molecule has 1 heterocycles. The lowest BCUT2D eigenvalue weighted by atomic mass is 10.1. The summed E-state index contributed by atoms with van der Waals surface area (Å²) in [5.41, 5.74) is 6.89. The lowest BCUT2D eigenvalue weighted by Crippen LogP contribution is -2.03. The molecule has 0 bridgehead atoms. The molecule has 0 radical (unpaired) electrons. The molecule has 1 aromatic carbocycles. The molecule has 80 valence electrons. The number of nitrogen functional groups attached to an aromatic ring is 1. The summed E-state index contributed by atoms with van der Waals surface area (Å²) in [7, 11) is 0. The van der Waals surface area contributed by atoms with E-state index in [9.17, 15) is 4.79 Å². The molecule has 0 spiro atoms. The molecule has 2 aromatic rings. The highest BCUT2D eigenvalue weighted by atomic mass is 35.5. The smallest absolute Gasteiger partial charge is 0.196 e. The number of halogens is 1. The fraction of sp³-hybridized carbons (Fsp3) is 0. The zero-order valence-electron chi connectivity index (χ0n) is 8.22. The largest absolute Gasteiger partial charge is 0.398 e. The van der Waals surface area contributed by atoms with Crippen LogP contribution in [0, 0.1) is 0 Å². The molecule has 0 aliphatic rings. The maximum Gasteiger partial charge on any atom is 0.196 e. The van der Waals surface area contributed by atoms with Crippen LogP contribution in [-0.2, 0) is 0 Å². The maximum absolute atomic E-state index is 11.9. The summed E-state index contributed by atoms with van der Waals surface area (Å²) >= 11 is 5.77. The molecule has 0 unspecified atom stereocenters. The van der Waals surface area contributed by atoms with Gasteiger partial charge in [-0.1, -0.05) is 11.6 Å². The summed E-state index contributed by atoms with van der Waals surface area (Å²) < 4.78 is 0. The van der Waals surface area contributed by atoms with Crippen LogP contribution in [0.2, 0.25) is 5.02 Å². The Kier molecular flexibility index (Phi) is 2.83. The first-order valence-electron chi connectivity index (χ1n) is 4.53. The molecular weight excluding hydrogens is 226 g/mol. The van der Waals surface area contributed by atoms with Crippen molar-refractivity contribution in [2.45, 2.75) is 0 Å². The van der Waals surface area contributed by atoms with Gasteiger partial charge in [0.05, 0.1) is 16.3 Å². The molecule has 0 aliphatic heterocycles. The Hall–Kier alpha value is -1.94. The molecule has 16 heavy (non-hydrogen) atoms. The van der Waals surface area contributed by atoms with Crippen molar-refractivity contribution in [2.75, 3.05) is 5.73 Å². The second-order valence-corrected chi connectivity index (χ2v) is 3.60. The van der Waals surface area contributed by atoms with E-state index in [4.69, 9.17) is 17.3 Å². The molecule has 0 atom stereocenters. The van der Waals surface area contributed by atoms with Crippen LogP contribution in [0.25, 0.3) is 0 Å². The summed E-state index contributed by atoms with van der Waals surface area (Å²) in [6, 6.07) is 4.75. The molecule has 2 rings (SSSR count). The molecule has 0 amide bonds. The average Bonchev–Trinajstić information content (AvgIpc) is 2.33. The number of nitrogens with zero attached hydrogens (tertiary/aromatic N) is 2. The van der Waals surface area contributed by atoms with Crippen molar-refractivity contribution in [2.24, 2.45) is 0 Å². The molecule has 0 aliphatic carbocycles. The van der Waals surface area contributed by atoms with Gasteiger partial charge in [0, 0.05) is 18.0 Å². The lowest BCUT2D eigenvalue weighted by molar-refractivity contribution is 0.103. The summed E-state index contributed by atoms with van der Waals surface area (Å²) in [6.45, 7) is 0. The van der Waals surface area contributed by atoms with E-state index >= 15 is 0 Å². The summed E-state index contributed by atoms with van der Waals surface area (Å²) in [4.78, 5) is 19.5. The summed E-state index contributed by atoms with van der Waals surface area (Å²) in [5, 5.41) is 0.431. The third-order valence-corrected chi connectivity index (χ3v) is 2.43. The highest BCUT2D eigenvalue weighted by molar-refractivity contribution is 6.33. The number of anilines is 1. The van der Waals surface area contributed by atoms with Crippen LogP contribution in [0.3, 0.4) is 0 Å². The minimum atomic E-state index is -0.177. The van der Waals surface area contributed by atoms with Crippen LogP contribution in [0.5, 0.6) is 0 Å². The van der Waals surface area contributed by atoms with Crippen molar-refractivity contribution in [3.05, 3.63) is 53.1 Å². The fourth-order valence-corrected chi connectivity index (χ4v) is 1.39. The van der Waals surface area contributed by atoms with Crippen LogP contribution >= 0.6 is 11.6 Å². The van der Waals surface area contributed by atoms with Gasteiger partial charge in [0.15, 0.2) is 5.78 Å². The van der Waals surface area contributed by atoms with E-state index in [-0.39, 0.29) is 5.78 Å². The van der Waals surface area contributed by atoms with Crippen LogP contribution in [0.1, 0.15) is 15.9 Å². The van der Waals surface area contributed by atoms with Gasteiger partial charge < -0.3 is 5.73 Å². The standard InChI is InChI=1S/C11H8ClN3O/c12-9-2-1-7(3-10(9)13)11(16)8-4-14-6-15-5-8/h1-6H,13H2. The number of carbonyl (C=O) groups is 1. The second-order valence-electron chi connectivity index (χ2n) is 3.19. The van der Waals surface area contributed by atoms with Gasteiger partial charge in [-0.15, -0.1) is 0 Å². The van der Waals surface area contributed by atoms with Crippen LogP contribution in [0.4, 0.5) is 5.69 Å². The number of hydrogen-bond donors (Lipinski definition) is 1. The maximum atomic E-state index is 11.9. The molecular formula is C11H8ClN3O. The normalized spacial score (nSPS) is 10.1. The van der Waals surface area contributed by atoms with E-state index < -0.39 is 0 Å². The Labute approximate surface area is 97.1 Å². The van der Waals surface area contributed by atoms with Crippen LogP contribution in [-0.4, -0.2) is 15.8 Å². The van der Waals surface area contributed by atoms with E-state index in [2.05, 4.69) is 9.97 Å². The number of rotatable bonds is 2. The highest BCUT2D eigenvalue weighted by Gasteiger charge is 2.10. The number of benzene rings is 1. The van der Waals surface area contributed by atoms with Crippen molar-refractivity contribution in [1.29, 1.82) is 0 Å². The van der Waals surface area contributed by atoms with Gasteiger partial charge >= 0.3 is 0 Å². The lowest BCUT2D eigenvalue weighted by Gasteiger charge is -2.02. The van der Waals surface area contributed by atoms with E-state index in [1.165, 1.54) is 24.8 Å². The Morgan fingerprint density at radius 1 is 1.19 bits per heavy atom. The van der Waals surface area contributed by atoms with Crippen molar-refractivity contribution >= 4 is 23.1 Å². The molecule has 2 N–H and O–H groups in total. The minimum Gasteiger partial charge on any atom is -0.398 e. The van der Waals surface area contributed by atoms with Gasteiger partial charge in [-0.3, -0.25) is 4.79 Å². The Bertz CT molecular complexity index is 528. The van der Waals surface area contributed by atoms with Crippen LogP contribution in [0.15, 0.2) is 36.9 Å². The molecule has 0 fully saturated rings. The zero-order valence-corrected chi connectivity index (χ0v) is 8.98. The third-order valence-electron chi connectivity index (χ3n) is 2.08. The molecule has 5 heteroatoms. The van der Waals surface area contributed by atoms with Crippen molar-refractivity contribution in [3.63, 3.8) is 0 Å². The number of nitrogens with two attached hydrogens (primary N) is 1. The third kappa shape index (κ3) is 2.01. The first-order chi connectivity index (χ1) is 7.68. The Balaban J connectivity index is 2.39. The van der Waals surface area contributed by atoms with Crippen molar-refractivity contribution < 1.29 is 4.79 Å². The average molecular weight is 234 g/mol. The molecule has 0 saturated heterocycles. The van der Waals surface area contributed by atoms with Gasteiger partial charge in [0.2, 0.25) is 0 Å². The zero-order chi connectivity index (χ0) is 11.5. The monoisotopic (exact) mass is 233 g/mol. The van der Waals surface area contributed by atoms with Crippen LogP contribution < -0.4 is 5.73 Å². The van der Waals surface area contributed by atoms with Crippen molar-refractivity contribution in [1.82, 2.24) is 9.97 Å². The number of ketones is 1. The van der Waals surface area contributed by atoms with Gasteiger partial charge in [0.1, 0.15) is 6.33 Å². The van der Waals surface area contributed by atoms with Gasteiger partial charge in [0.25, 0.3) is 0 Å². The van der Waals surface area contributed by atoms with E-state index in [0.717, 1.165) is 0 Å². The second kappa shape index (κ2) is 4.28. The Morgan fingerprint density at radius 2 is 1.88 bits per heavy atom. The fourth-order valence-electron chi connectivity index (χ4n) is 1.27. The predicted molar refractivity (Wildman–Crippen MR) is 61.3 cm³/mol. The molecule has 4 nitrogen and oxygen atoms in total. The van der Waals surface area contributed by atoms with Crippen molar-refractivity contribution in [3.8, 4) is 0 Å². The van der Waals surface area contributed by atoms with Gasteiger partial charge in [-0.25, -0.2) is 9.97 Å². The number of carbonyl (C=O) groups excluding carboxylic acids is 1. The first-order valence-corrected chi connectivity index (χ1v) is 4.91. The first kappa shape index (κ1) is 10.6. The predicted octanol–water partition coefficient (Wildman–Crippen LogP) is 1.94. The minimum absolute atomic E-state index is 0.177. The summed E-state index contributed by atoms with van der Waals surface area (Å²) in [5.74, 6) is -0.177. The van der Waals surface area contributed by atoms with Gasteiger partial charge in [-0.2, -0.15) is 0 Å². The van der Waals surface area contributed by atoms with Gasteiger partial charge in [-0.05, 0) is 18.2 Å². The number of hydrogen-bond acceptors (Lipinski definition) is 4. The number of aromatic nitrogens is 2. The van der Waals surface area contributed by atoms with E-state index in [1.54, 1.807) is 12.1 Å². The van der Waals surface area contributed by atoms with E-state index in [1.807, 2.05) is 0 Å². The molecule has 1 aromatic heterocycles. The quantitative estimate of drug-likeness (QED) is 0.636. The van der Waals surface area contributed by atoms with E-state index in [0.29, 0.717) is 21.8 Å². The SMILES string of the molecule is Nc1cc(C(=O)c2cncnc2)ccc1Cl. The topological polar surface area (TPSA) is 68.9 Å². The molecule has 0 saturated carbocycles. The summed E-state index contributed by atoms with van der Waals surface area (Å²) in [6.07, 6.45) is 4.28. The highest BCUT2D eigenvalue weighted by Crippen LogP contribution is 2.20.